The van der Waals surface area contributed by atoms with Gasteiger partial charge in [0, 0.05) is 19.5 Å². The summed E-state index contributed by atoms with van der Waals surface area (Å²) in [5.74, 6) is 1.61. The molecule has 1 aliphatic rings. The van der Waals surface area contributed by atoms with E-state index in [4.69, 9.17) is 9.26 Å². The standard InChI is InChI=1S/C8H12N2O2.ClH/c1-10-4-3-7-6(5-10)8(11-2)9-12-7;/h3-5H2,1-2H3;1H. The van der Waals surface area contributed by atoms with E-state index in [1.165, 1.54) is 0 Å². The predicted octanol–water partition coefficient (Wildman–Crippen LogP) is 1.09. The van der Waals surface area contributed by atoms with E-state index in [1.807, 2.05) is 0 Å². The largest absolute Gasteiger partial charge is 0.479 e. The molecule has 1 aromatic rings. The fourth-order valence-electron chi connectivity index (χ4n) is 1.48. The number of methoxy groups -OCH3 is 1. The molecule has 0 radical (unpaired) electrons. The summed E-state index contributed by atoms with van der Waals surface area (Å²) in [6.45, 7) is 1.91. The minimum atomic E-state index is 0. The molecular weight excluding hydrogens is 192 g/mol. The minimum absolute atomic E-state index is 0. The molecular formula is C8H13ClN2O2. The number of ether oxygens (including phenoxy) is 1. The van der Waals surface area contributed by atoms with Gasteiger partial charge in [0.2, 0.25) is 0 Å². The van der Waals surface area contributed by atoms with Gasteiger partial charge in [0.05, 0.1) is 12.7 Å². The molecule has 0 aromatic carbocycles. The number of rotatable bonds is 1. The van der Waals surface area contributed by atoms with Gasteiger partial charge in [-0.15, -0.1) is 12.4 Å². The van der Waals surface area contributed by atoms with Crippen LogP contribution in [-0.2, 0) is 13.0 Å². The Hall–Kier alpha value is -0.740. The summed E-state index contributed by atoms with van der Waals surface area (Å²) >= 11 is 0. The van der Waals surface area contributed by atoms with Gasteiger partial charge in [-0.2, -0.15) is 0 Å². The third-order valence-corrected chi connectivity index (χ3v) is 2.18. The highest BCUT2D eigenvalue weighted by Gasteiger charge is 2.22. The van der Waals surface area contributed by atoms with E-state index in [-0.39, 0.29) is 12.4 Å². The predicted molar refractivity (Wildman–Crippen MR) is 50.3 cm³/mol. The van der Waals surface area contributed by atoms with Crippen molar-refractivity contribution in [2.75, 3.05) is 20.7 Å². The molecule has 0 saturated heterocycles. The topological polar surface area (TPSA) is 38.5 Å². The minimum Gasteiger partial charge on any atom is -0.479 e. The van der Waals surface area contributed by atoms with Crippen molar-refractivity contribution in [2.24, 2.45) is 0 Å². The van der Waals surface area contributed by atoms with Gasteiger partial charge in [-0.1, -0.05) is 0 Å². The third kappa shape index (κ3) is 1.78. The van der Waals surface area contributed by atoms with Crippen LogP contribution >= 0.6 is 12.4 Å². The first-order valence-electron chi connectivity index (χ1n) is 4.01. The normalized spacial score (nSPS) is 16.2. The van der Waals surface area contributed by atoms with Crippen LogP contribution in [0.25, 0.3) is 0 Å². The highest BCUT2D eigenvalue weighted by molar-refractivity contribution is 5.85. The lowest BCUT2D eigenvalue weighted by molar-refractivity contribution is 0.281. The maximum atomic E-state index is 5.12. The van der Waals surface area contributed by atoms with Gasteiger partial charge in [0.1, 0.15) is 5.76 Å². The number of hydrogen-bond donors (Lipinski definition) is 0. The molecule has 0 aliphatic carbocycles. The molecule has 0 unspecified atom stereocenters. The van der Waals surface area contributed by atoms with E-state index in [0.29, 0.717) is 5.88 Å². The summed E-state index contributed by atoms with van der Waals surface area (Å²) in [5.41, 5.74) is 1.10. The third-order valence-electron chi connectivity index (χ3n) is 2.18. The molecule has 0 bridgehead atoms. The maximum absolute atomic E-state index is 5.12. The summed E-state index contributed by atoms with van der Waals surface area (Å²) in [5, 5.41) is 3.83. The lowest BCUT2D eigenvalue weighted by Crippen LogP contribution is -2.25. The van der Waals surface area contributed by atoms with Crippen molar-refractivity contribution in [3.05, 3.63) is 11.3 Å². The van der Waals surface area contributed by atoms with E-state index in [2.05, 4.69) is 17.1 Å². The fourth-order valence-corrected chi connectivity index (χ4v) is 1.48. The Morgan fingerprint density at radius 3 is 3.00 bits per heavy atom. The number of likely N-dealkylation sites (N-methyl/N-ethyl adjacent to an activating group) is 1. The monoisotopic (exact) mass is 204 g/mol. The smallest absolute Gasteiger partial charge is 0.258 e. The number of hydrogen-bond acceptors (Lipinski definition) is 4. The number of halogens is 1. The Kier molecular flexibility index (Phi) is 3.17. The number of fused-ring (bicyclic) bond motifs is 1. The van der Waals surface area contributed by atoms with E-state index < -0.39 is 0 Å². The molecule has 2 rings (SSSR count). The summed E-state index contributed by atoms with van der Waals surface area (Å²) < 4.78 is 10.2. The SMILES string of the molecule is COc1noc2c1CN(C)CC2.Cl. The van der Waals surface area contributed by atoms with Gasteiger partial charge < -0.3 is 14.2 Å². The Labute approximate surface area is 83.2 Å². The van der Waals surface area contributed by atoms with E-state index in [1.54, 1.807) is 7.11 Å². The highest BCUT2D eigenvalue weighted by Crippen LogP contribution is 2.26. The van der Waals surface area contributed by atoms with Crippen LogP contribution in [0.15, 0.2) is 4.52 Å². The first kappa shape index (κ1) is 10.3. The van der Waals surface area contributed by atoms with Crippen molar-refractivity contribution < 1.29 is 9.26 Å². The van der Waals surface area contributed by atoms with Crippen molar-refractivity contribution in [2.45, 2.75) is 13.0 Å². The van der Waals surface area contributed by atoms with Crippen LogP contribution in [0.3, 0.4) is 0 Å². The molecule has 1 aliphatic heterocycles. The molecule has 0 amide bonds. The molecule has 2 heterocycles. The van der Waals surface area contributed by atoms with Crippen molar-refractivity contribution in [3.8, 4) is 5.88 Å². The molecule has 5 heteroatoms. The van der Waals surface area contributed by atoms with Crippen molar-refractivity contribution in [1.29, 1.82) is 0 Å². The van der Waals surface area contributed by atoms with Crippen LogP contribution < -0.4 is 4.74 Å². The fraction of sp³-hybridized carbons (Fsp3) is 0.625. The van der Waals surface area contributed by atoms with E-state index in [9.17, 15) is 0 Å². The maximum Gasteiger partial charge on any atom is 0.258 e. The van der Waals surface area contributed by atoms with Crippen molar-refractivity contribution in [1.82, 2.24) is 10.1 Å². The lowest BCUT2D eigenvalue weighted by Gasteiger charge is -2.20. The molecule has 4 nitrogen and oxygen atoms in total. The van der Waals surface area contributed by atoms with Gasteiger partial charge in [-0.25, -0.2) is 0 Å². The first-order chi connectivity index (χ1) is 5.81. The second-order valence-electron chi connectivity index (χ2n) is 3.08. The second kappa shape index (κ2) is 3.98. The van der Waals surface area contributed by atoms with Crippen LogP contribution in [0.5, 0.6) is 5.88 Å². The zero-order chi connectivity index (χ0) is 8.55. The molecule has 0 spiro atoms. The van der Waals surface area contributed by atoms with Crippen LogP contribution in [0.1, 0.15) is 11.3 Å². The van der Waals surface area contributed by atoms with Crippen molar-refractivity contribution in [3.63, 3.8) is 0 Å². The Bertz CT molecular complexity index is 274. The second-order valence-corrected chi connectivity index (χ2v) is 3.08. The lowest BCUT2D eigenvalue weighted by atomic mass is 10.1. The molecule has 1 aromatic heterocycles. The highest BCUT2D eigenvalue weighted by atomic mass is 35.5. The van der Waals surface area contributed by atoms with Crippen LogP contribution in [0.4, 0.5) is 0 Å². The zero-order valence-electron chi connectivity index (χ0n) is 7.74. The molecule has 0 saturated carbocycles. The van der Waals surface area contributed by atoms with Gasteiger partial charge in [-0.3, -0.25) is 0 Å². The van der Waals surface area contributed by atoms with Gasteiger partial charge in [0.25, 0.3) is 5.88 Å². The van der Waals surface area contributed by atoms with Crippen LogP contribution in [0, 0.1) is 0 Å². The van der Waals surface area contributed by atoms with Gasteiger partial charge in [-0.05, 0) is 12.2 Å². The summed E-state index contributed by atoms with van der Waals surface area (Å²) in [7, 11) is 3.70. The first-order valence-corrected chi connectivity index (χ1v) is 4.01. The quantitative estimate of drug-likeness (QED) is 0.687. The van der Waals surface area contributed by atoms with Crippen molar-refractivity contribution >= 4 is 12.4 Å². The Balaban J connectivity index is 0.000000845. The van der Waals surface area contributed by atoms with E-state index >= 15 is 0 Å². The number of aromatic nitrogens is 1. The van der Waals surface area contributed by atoms with Gasteiger partial charge >= 0.3 is 0 Å². The number of nitrogens with zero attached hydrogens (tertiary/aromatic N) is 2. The van der Waals surface area contributed by atoms with E-state index in [0.717, 1.165) is 30.8 Å². The average molecular weight is 205 g/mol. The van der Waals surface area contributed by atoms with Crippen LogP contribution in [0.2, 0.25) is 0 Å². The molecule has 0 fully saturated rings. The Morgan fingerprint density at radius 2 is 2.31 bits per heavy atom. The Morgan fingerprint density at radius 1 is 1.54 bits per heavy atom. The summed E-state index contributed by atoms with van der Waals surface area (Å²) in [4.78, 5) is 2.22. The van der Waals surface area contributed by atoms with Gasteiger partial charge in [0.15, 0.2) is 0 Å². The molecule has 13 heavy (non-hydrogen) atoms. The zero-order valence-corrected chi connectivity index (χ0v) is 8.56. The molecule has 0 N–H and O–H groups in total. The molecule has 0 atom stereocenters. The summed E-state index contributed by atoms with van der Waals surface area (Å²) in [6.07, 6.45) is 0.933. The van der Waals surface area contributed by atoms with Crippen LogP contribution in [-0.4, -0.2) is 30.8 Å². The average Bonchev–Trinajstić information content (AvgIpc) is 2.46. The molecule has 74 valence electrons. The summed E-state index contributed by atoms with van der Waals surface area (Å²) in [6, 6.07) is 0.